The maximum atomic E-state index is 12.1. The van der Waals surface area contributed by atoms with E-state index in [2.05, 4.69) is 5.32 Å². The first-order valence-electron chi connectivity index (χ1n) is 7.82. The lowest BCUT2D eigenvalue weighted by molar-refractivity contribution is -0.118. The van der Waals surface area contributed by atoms with Crippen LogP contribution in [0.3, 0.4) is 0 Å². The third-order valence-corrected chi connectivity index (χ3v) is 3.47. The van der Waals surface area contributed by atoms with Crippen LogP contribution in [0.1, 0.15) is 24.5 Å². The van der Waals surface area contributed by atoms with Gasteiger partial charge in [-0.2, -0.15) is 0 Å². The van der Waals surface area contributed by atoms with Crippen LogP contribution in [0.15, 0.2) is 42.5 Å². The molecule has 122 valence electrons. The molecule has 0 aliphatic carbocycles. The van der Waals surface area contributed by atoms with Crippen LogP contribution in [0.2, 0.25) is 0 Å². The smallest absolute Gasteiger partial charge is 0.262 e. The van der Waals surface area contributed by atoms with E-state index in [0.29, 0.717) is 23.8 Å². The number of aryl methyl sites for hydroxylation is 2. The van der Waals surface area contributed by atoms with Crippen LogP contribution in [0.4, 0.5) is 5.69 Å². The summed E-state index contributed by atoms with van der Waals surface area (Å²) in [6.07, 6.45) is 0.915. The van der Waals surface area contributed by atoms with Crippen molar-refractivity contribution in [2.45, 2.75) is 27.2 Å². The Morgan fingerprint density at radius 3 is 2.57 bits per heavy atom. The molecule has 2 aromatic carbocycles. The van der Waals surface area contributed by atoms with Crippen molar-refractivity contribution in [3.8, 4) is 11.5 Å². The van der Waals surface area contributed by atoms with Gasteiger partial charge in [0.1, 0.15) is 11.5 Å². The summed E-state index contributed by atoms with van der Waals surface area (Å²) in [4.78, 5) is 12.1. The van der Waals surface area contributed by atoms with Gasteiger partial charge in [0.25, 0.3) is 5.91 Å². The van der Waals surface area contributed by atoms with E-state index in [4.69, 9.17) is 9.47 Å². The molecular weight excluding hydrogens is 290 g/mol. The Balaban J connectivity index is 1.93. The number of rotatable bonds is 7. The van der Waals surface area contributed by atoms with Gasteiger partial charge >= 0.3 is 0 Å². The summed E-state index contributed by atoms with van der Waals surface area (Å²) in [5.74, 6) is 1.16. The second kappa shape index (κ2) is 8.22. The lowest BCUT2D eigenvalue weighted by atomic mass is 10.1. The average molecular weight is 313 g/mol. The molecule has 0 fully saturated rings. The largest absolute Gasteiger partial charge is 0.491 e. The first-order valence-corrected chi connectivity index (χ1v) is 7.82. The molecule has 0 unspecified atom stereocenters. The number of amides is 1. The van der Waals surface area contributed by atoms with Crippen LogP contribution in [0.5, 0.6) is 11.5 Å². The van der Waals surface area contributed by atoms with Gasteiger partial charge in [-0.05, 0) is 55.7 Å². The maximum Gasteiger partial charge on any atom is 0.262 e. The summed E-state index contributed by atoms with van der Waals surface area (Å²) >= 11 is 0. The van der Waals surface area contributed by atoms with Gasteiger partial charge in [0, 0.05) is 0 Å². The van der Waals surface area contributed by atoms with Gasteiger partial charge in [-0.15, -0.1) is 0 Å². The Morgan fingerprint density at radius 1 is 1.04 bits per heavy atom. The molecule has 2 rings (SSSR count). The van der Waals surface area contributed by atoms with Gasteiger partial charge in [0.05, 0.1) is 12.3 Å². The first kappa shape index (κ1) is 16.9. The highest BCUT2D eigenvalue weighted by Crippen LogP contribution is 2.24. The predicted molar refractivity (Wildman–Crippen MR) is 92.3 cm³/mol. The van der Waals surface area contributed by atoms with E-state index in [-0.39, 0.29) is 12.5 Å². The molecule has 2 aromatic rings. The molecule has 0 bridgehead atoms. The second-order valence-electron chi connectivity index (χ2n) is 5.43. The van der Waals surface area contributed by atoms with Gasteiger partial charge in [-0.3, -0.25) is 4.79 Å². The third-order valence-electron chi connectivity index (χ3n) is 3.47. The fourth-order valence-electron chi connectivity index (χ4n) is 2.05. The number of anilines is 1. The van der Waals surface area contributed by atoms with Crippen molar-refractivity contribution in [2.24, 2.45) is 0 Å². The number of para-hydroxylation sites is 2. The molecule has 4 nitrogen and oxygen atoms in total. The van der Waals surface area contributed by atoms with Gasteiger partial charge < -0.3 is 14.8 Å². The average Bonchev–Trinajstić information content (AvgIpc) is 2.55. The minimum absolute atomic E-state index is 0.0371. The lowest BCUT2D eigenvalue weighted by Gasteiger charge is -2.12. The predicted octanol–water partition coefficient (Wildman–Crippen LogP) is 4.11. The summed E-state index contributed by atoms with van der Waals surface area (Å²) in [5.41, 5.74) is 3.00. The van der Waals surface area contributed by atoms with Crippen molar-refractivity contribution in [3.63, 3.8) is 0 Å². The van der Waals surface area contributed by atoms with Crippen molar-refractivity contribution in [1.82, 2.24) is 0 Å². The highest BCUT2D eigenvalue weighted by molar-refractivity contribution is 5.93. The molecule has 0 radical (unpaired) electrons. The molecule has 0 saturated heterocycles. The summed E-state index contributed by atoms with van der Waals surface area (Å²) < 4.78 is 11.2. The van der Waals surface area contributed by atoms with E-state index in [1.54, 1.807) is 0 Å². The molecule has 0 saturated carbocycles. The van der Waals surface area contributed by atoms with E-state index in [1.807, 2.05) is 63.2 Å². The molecule has 0 aliphatic heterocycles. The molecule has 1 amide bonds. The fraction of sp³-hybridized carbons (Fsp3) is 0.316. The van der Waals surface area contributed by atoms with Gasteiger partial charge in [-0.25, -0.2) is 0 Å². The molecule has 0 spiro atoms. The highest BCUT2D eigenvalue weighted by Gasteiger charge is 2.08. The number of carbonyl (C=O) groups excluding carboxylic acids is 1. The third kappa shape index (κ3) is 5.02. The zero-order valence-corrected chi connectivity index (χ0v) is 13.9. The zero-order valence-electron chi connectivity index (χ0n) is 13.9. The van der Waals surface area contributed by atoms with Gasteiger partial charge in [0.15, 0.2) is 6.61 Å². The van der Waals surface area contributed by atoms with Crippen molar-refractivity contribution in [1.29, 1.82) is 0 Å². The van der Waals surface area contributed by atoms with E-state index in [0.717, 1.165) is 12.0 Å². The molecular formula is C19H23NO3. The monoisotopic (exact) mass is 313 g/mol. The van der Waals surface area contributed by atoms with Crippen LogP contribution < -0.4 is 14.8 Å². The number of hydrogen-bond acceptors (Lipinski definition) is 3. The Bertz CT molecular complexity index is 667. The van der Waals surface area contributed by atoms with E-state index < -0.39 is 0 Å². The zero-order chi connectivity index (χ0) is 16.7. The number of carbonyl (C=O) groups is 1. The molecule has 1 N–H and O–H groups in total. The van der Waals surface area contributed by atoms with Crippen LogP contribution in [0.25, 0.3) is 0 Å². The van der Waals surface area contributed by atoms with E-state index in [9.17, 15) is 4.79 Å². The molecule has 4 heteroatoms. The van der Waals surface area contributed by atoms with Gasteiger partial charge in [0.2, 0.25) is 0 Å². The van der Waals surface area contributed by atoms with Gasteiger partial charge in [-0.1, -0.05) is 25.1 Å². The number of benzene rings is 2. The fourth-order valence-corrected chi connectivity index (χ4v) is 2.05. The maximum absolute atomic E-state index is 12.1. The molecule has 0 atom stereocenters. The minimum Gasteiger partial charge on any atom is -0.491 e. The lowest BCUT2D eigenvalue weighted by Crippen LogP contribution is -2.20. The summed E-state index contributed by atoms with van der Waals surface area (Å²) in [6.45, 7) is 6.68. The summed E-state index contributed by atoms with van der Waals surface area (Å²) in [5, 5.41) is 2.83. The molecule has 23 heavy (non-hydrogen) atoms. The van der Waals surface area contributed by atoms with Crippen LogP contribution in [-0.2, 0) is 4.79 Å². The van der Waals surface area contributed by atoms with Crippen LogP contribution in [-0.4, -0.2) is 19.1 Å². The highest BCUT2D eigenvalue weighted by atomic mass is 16.5. The van der Waals surface area contributed by atoms with E-state index in [1.165, 1.54) is 5.56 Å². The quantitative estimate of drug-likeness (QED) is 0.837. The Hall–Kier alpha value is -2.49. The van der Waals surface area contributed by atoms with Crippen molar-refractivity contribution >= 4 is 11.6 Å². The van der Waals surface area contributed by atoms with Crippen molar-refractivity contribution < 1.29 is 14.3 Å². The second-order valence-corrected chi connectivity index (χ2v) is 5.43. The summed E-state index contributed by atoms with van der Waals surface area (Å²) in [7, 11) is 0. The number of hydrogen-bond donors (Lipinski definition) is 1. The Kier molecular flexibility index (Phi) is 6.03. The van der Waals surface area contributed by atoms with Crippen molar-refractivity contribution in [3.05, 3.63) is 53.6 Å². The standard InChI is InChI=1S/C19H23NO3/c1-4-11-22-18-8-6-5-7-17(18)20-19(21)13-23-16-10-9-14(2)15(3)12-16/h5-10,12H,4,11,13H2,1-3H3,(H,20,21). The van der Waals surface area contributed by atoms with E-state index >= 15 is 0 Å². The molecule has 0 aromatic heterocycles. The Labute approximate surface area is 137 Å². The SMILES string of the molecule is CCCOc1ccccc1NC(=O)COc1ccc(C)c(C)c1. The summed E-state index contributed by atoms with van der Waals surface area (Å²) in [6, 6.07) is 13.2. The van der Waals surface area contributed by atoms with Crippen LogP contribution >= 0.6 is 0 Å². The van der Waals surface area contributed by atoms with Crippen LogP contribution in [0, 0.1) is 13.8 Å². The Morgan fingerprint density at radius 2 is 1.83 bits per heavy atom. The van der Waals surface area contributed by atoms with Crippen molar-refractivity contribution in [2.75, 3.05) is 18.5 Å². The normalized spacial score (nSPS) is 10.2. The number of ether oxygens (including phenoxy) is 2. The number of nitrogens with one attached hydrogen (secondary N) is 1. The minimum atomic E-state index is -0.212. The topological polar surface area (TPSA) is 47.6 Å². The molecule has 0 aliphatic rings. The molecule has 0 heterocycles. The first-order chi connectivity index (χ1) is 11.1.